The molecule has 1 aromatic heterocycles. The molecule has 2 amide bonds. The van der Waals surface area contributed by atoms with Crippen LogP contribution in [0.2, 0.25) is 0 Å². The van der Waals surface area contributed by atoms with Gasteiger partial charge in [-0.3, -0.25) is 4.68 Å². The van der Waals surface area contributed by atoms with E-state index in [1.807, 2.05) is 18.7 Å². The van der Waals surface area contributed by atoms with Crippen molar-refractivity contribution in [3.8, 4) is 0 Å². The van der Waals surface area contributed by atoms with Crippen LogP contribution in [0.15, 0.2) is 0 Å². The van der Waals surface area contributed by atoms with Crippen LogP contribution in [-0.2, 0) is 26.4 Å². The molecule has 0 aliphatic heterocycles. The summed E-state index contributed by atoms with van der Waals surface area (Å²) in [6.07, 6.45) is 4.31. The number of hydrogen-bond donors (Lipinski definition) is 2. The lowest BCUT2D eigenvalue weighted by Gasteiger charge is -2.08. The number of rotatable bonds is 4. The first-order valence-electron chi connectivity index (χ1n) is 6.27. The van der Waals surface area contributed by atoms with Crippen molar-refractivity contribution in [3.63, 3.8) is 0 Å². The Kier molecular flexibility index (Phi) is 3.66. The van der Waals surface area contributed by atoms with Crippen molar-refractivity contribution in [1.29, 1.82) is 0 Å². The molecule has 0 saturated heterocycles. The molecule has 2 rings (SSSR count). The largest absolute Gasteiger partial charge is 0.338 e. The molecule has 17 heavy (non-hydrogen) atoms. The molecule has 0 fully saturated rings. The average Bonchev–Trinajstić information content (AvgIpc) is 2.84. The third-order valence-corrected chi connectivity index (χ3v) is 3.15. The van der Waals surface area contributed by atoms with Crippen molar-refractivity contribution >= 4 is 6.03 Å². The van der Waals surface area contributed by atoms with Crippen molar-refractivity contribution in [3.05, 3.63) is 17.0 Å². The Morgan fingerprint density at radius 3 is 3.00 bits per heavy atom. The van der Waals surface area contributed by atoms with E-state index in [2.05, 4.69) is 15.7 Å². The number of hydrogen-bond acceptors (Lipinski definition) is 2. The van der Waals surface area contributed by atoms with Gasteiger partial charge in [-0.2, -0.15) is 5.10 Å². The zero-order chi connectivity index (χ0) is 12.3. The van der Waals surface area contributed by atoms with Crippen LogP contribution in [0.3, 0.4) is 0 Å². The van der Waals surface area contributed by atoms with Gasteiger partial charge in [-0.1, -0.05) is 6.92 Å². The lowest BCUT2D eigenvalue weighted by molar-refractivity contribution is 0.240. The van der Waals surface area contributed by atoms with Crippen LogP contribution in [-0.4, -0.2) is 22.4 Å². The van der Waals surface area contributed by atoms with Crippen molar-refractivity contribution in [2.75, 3.05) is 6.54 Å². The molecular formula is C12H20N4O. The van der Waals surface area contributed by atoms with Crippen molar-refractivity contribution in [2.45, 2.75) is 39.2 Å². The van der Waals surface area contributed by atoms with Crippen molar-refractivity contribution < 1.29 is 4.79 Å². The van der Waals surface area contributed by atoms with Crippen molar-refractivity contribution in [2.24, 2.45) is 7.05 Å². The van der Waals surface area contributed by atoms with Gasteiger partial charge in [0.1, 0.15) is 0 Å². The Balaban J connectivity index is 1.93. The SMILES string of the molecule is CCCNC(=O)NCc1c2c(nn1C)CCC2. The number of carbonyl (C=O) groups is 1. The van der Waals surface area contributed by atoms with Gasteiger partial charge in [0.25, 0.3) is 0 Å². The monoisotopic (exact) mass is 236 g/mol. The first kappa shape index (κ1) is 12.0. The van der Waals surface area contributed by atoms with Gasteiger partial charge in [-0.25, -0.2) is 4.79 Å². The molecule has 0 aromatic carbocycles. The van der Waals surface area contributed by atoms with E-state index >= 15 is 0 Å². The summed E-state index contributed by atoms with van der Waals surface area (Å²) < 4.78 is 1.89. The highest BCUT2D eigenvalue weighted by Gasteiger charge is 2.20. The van der Waals surface area contributed by atoms with E-state index in [9.17, 15) is 4.79 Å². The van der Waals surface area contributed by atoms with Gasteiger partial charge in [0.15, 0.2) is 0 Å². The number of fused-ring (bicyclic) bond motifs is 1. The molecule has 1 aromatic rings. The summed E-state index contributed by atoms with van der Waals surface area (Å²) in [6, 6.07) is -0.0974. The van der Waals surface area contributed by atoms with E-state index in [1.54, 1.807) is 0 Å². The van der Waals surface area contributed by atoms with Gasteiger partial charge in [-0.05, 0) is 31.2 Å². The first-order valence-corrected chi connectivity index (χ1v) is 6.27. The third kappa shape index (κ3) is 2.60. The van der Waals surface area contributed by atoms with Crippen LogP contribution < -0.4 is 10.6 Å². The highest BCUT2D eigenvalue weighted by Crippen LogP contribution is 2.23. The Morgan fingerprint density at radius 2 is 2.24 bits per heavy atom. The van der Waals surface area contributed by atoms with Crippen LogP contribution in [0.5, 0.6) is 0 Å². The molecule has 0 atom stereocenters. The molecule has 1 aliphatic carbocycles. The van der Waals surface area contributed by atoms with E-state index < -0.39 is 0 Å². The Bertz CT molecular complexity index is 411. The van der Waals surface area contributed by atoms with Crippen LogP contribution in [0.4, 0.5) is 4.79 Å². The van der Waals surface area contributed by atoms with Gasteiger partial charge >= 0.3 is 6.03 Å². The second-order valence-electron chi connectivity index (χ2n) is 4.46. The molecule has 2 N–H and O–H groups in total. The van der Waals surface area contributed by atoms with Gasteiger partial charge in [-0.15, -0.1) is 0 Å². The predicted octanol–water partition coefficient (Wildman–Crippen LogP) is 1.12. The number of aryl methyl sites for hydroxylation is 2. The van der Waals surface area contributed by atoms with E-state index in [4.69, 9.17) is 0 Å². The maximum Gasteiger partial charge on any atom is 0.315 e. The molecule has 1 heterocycles. The van der Waals surface area contributed by atoms with Crippen LogP contribution >= 0.6 is 0 Å². The summed E-state index contributed by atoms with van der Waals surface area (Å²) >= 11 is 0. The van der Waals surface area contributed by atoms with E-state index in [1.165, 1.54) is 17.7 Å². The maximum atomic E-state index is 11.5. The lowest BCUT2D eigenvalue weighted by atomic mass is 10.2. The van der Waals surface area contributed by atoms with Crippen LogP contribution in [0, 0.1) is 0 Å². The quantitative estimate of drug-likeness (QED) is 0.823. The number of amides is 2. The van der Waals surface area contributed by atoms with Crippen LogP contribution in [0.1, 0.15) is 36.7 Å². The van der Waals surface area contributed by atoms with Gasteiger partial charge in [0.05, 0.1) is 17.9 Å². The average molecular weight is 236 g/mol. The van der Waals surface area contributed by atoms with Crippen LogP contribution in [0.25, 0.3) is 0 Å². The van der Waals surface area contributed by atoms with E-state index in [0.29, 0.717) is 6.54 Å². The highest BCUT2D eigenvalue weighted by atomic mass is 16.2. The minimum absolute atomic E-state index is 0.0974. The summed E-state index contributed by atoms with van der Waals surface area (Å²) in [7, 11) is 1.94. The summed E-state index contributed by atoms with van der Waals surface area (Å²) in [5.41, 5.74) is 3.69. The zero-order valence-corrected chi connectivity index (χ0v) is 10.5. The van der Waals surface area contributed by atoms with Gasteiger partial charge in [0.2, 0.25) is 0 Å². The second kappa shape index (κ2) is 5.21. The molecule has 0 spiro atoms. The molecule has 0 bridgehead atoms. The Morgan fingerprint density at radius 1 is 1.41 bits per heavy atom. The fourth-order valence-corrected chi connectivity index (χ4v) is 2.27. The number of carbonyl (C=O) groups excluding carboxylic acids is 1. The highest BCUT2D eigenvalue weighted by molar-refractivity contribution is 5.73. The maximum absolute atomic E-state index is 11.5. The molecule has 0 radical (unpaired) electrons. The van der Waals surface area contributed by atoms with Gasteiger partial charge in [0, 0.05) is 13.6 Å². The Labute approximate surface area is 102 Å². The number of aromatic nitrogens is 2. The standard InChI is InChI=1S/C12H20N4O/c1-3-7-13-12(17)14-8-11-9-5-4-6-10(9)15-16(11)2/h3-8H2,1-2H3,(H2,13,14,17). The molecule has 0 saturated carbocycles. The first-order chi connectivity index (χ1) is 8.22. The van der Waals surface area contributed by atoms with Crippen molar-refractivity contribution in [1.82, 2.24) is 20.4 Å². The molecule has 1 aliphatic rings. The summed E-state index contributed by atoms with van der Waals surface area (Å²) in [5, 5.41) is 10.2. The lowest BCUT2D eigenvalue weighted by Crippen LogP contribution is -2.36. The normalized spacial score (nSPS) is 13.5. The topological polar surface area (TPSA) is 59.0 Å². The molecule has 94 valence electrons. The second-order valence-corrected chi connectivity index (χ2v) is 4.46. The minimum atomic E-state index is -0.0974. The molecule has 5 heteroatoms. The zero-order valence-electron chi connectivity index (χ0n) is 10.5. The molecular weight excluding hydrogens is 216 g/mol. The van der Waals surface area contributed by atoms with E-state index in [-0.39, 0.29) is 6.03 Å². The fourth-order valence-electron chi connectivity index (χ4n) is 2.27. The summed E-state index contributed by atoms with van der Waals surface area (Å²) in [5.74, 6) is 0. The van der Waals surface area contributed by atoms with E-state index in [0.717, 1.165) is 31.5 Å². The van der Waals surface area contributed by atoms with Gasteiger partial charge < -0.3 is 10.6 Å². The predicted molar refractivity (Wildman–Crippen MR) is 65.8 cm³/mol. The summed E-state index contributed by atoms with van der Waals surface area (Å²) in [4.78, 5) is 11.5. The number of nitrogens with one attached hydrogen (secondary N) is 2. The smallest absolute Gasteiger partial charge is 0.315 e. The third-order valence-electron chi connectivity index (χ3n) is 3.15. The minimum Gasteiger partial charge on any atom is -0.338 e. The summed E-state index contributed by atoms with van der Waals surface area (Å²) in [6.45, 7) is 3.32. The fraction of sp³-hybridized carbons (Fsp3) is 0.667. The number of urea groups is 1. The molecule has 0 unspecified atom stereocenters. The Hall–Kier alpha value is -1.52. The molecule has 5 nitrogen and oxygen atoms in total. The number of nitrogens with zero attached hydrogens (tertiary/aromatic N) is 2.